The van der Waals surface area contributed by atoms with E-state index in [-0.39, 0.29) is 31.7 Å². The molecule has 0 saturated heterocycles. The minimum absolute atomic E-state index is 0. The number of benzene rings is 4. The van der Waals surface area contributed by atoms with Gasteiger partial charge in [-0.25, -0.2) is 0 Å². The molecule has 0 aliphatic carbocycles. The van der Waals surface area contributed by atoms with Gasteiger partial charge in [0.2, 0.25) is 11.8 Å². The zero-order valence-electron chi connectivity index (χ0n) is 20.2. The van der Waals surface area contributed by atoms with Crippen molar-refractivity contribution in [2.75, 3.05) is 5.32 Å². The highest BCUT2D eigenvalue weighted by atomic mass is 16.3. The van der Waals surface area contributed by atoms with E-state index < -0.39 is 11.8 Å². The Morgan fingerprint density at radius 1 is 0.868 bits per heavy atom. The van der Waals surface area contributed by atoms with E-state index in [1.54, 1.807) is 48.5 Å². The van der Waals surface area contributed by atoms with Crippen molar-refractivity contribution in [2.24, 2.45) is 5.73 Å². The normalized spacial score (nSPS) is 11.5. The molecular formula is C30H32N4O4. The quantitative estimate of drug-likeness (QED) is 0.102. The molecule has 4 aromatic rings. The lowest BCUT2D eigenvalue weighted by Crippen LogP contribution is -2.37. The van der Waals surface area contributed by atoms with E-state index in [0.29, 0.717) is 16.8 Å². The maximum absolute atomic E-state index is 13.4. The summed E-state index contributed by atoms with van der Waals surface area (Å²) in [5.41, 5.74) is 8.16. The monoisotopic (exact) mass is 512 g/mol. The minimum atomic E-state index is -1.04. The van der Waals surface area contributed by atoms with Gasteiger partial charge in [0.25, 0.3) is 6.47 Å². The Bertz CT molecular complexity index is 1380. The zero-order valence-corrected chi connectivity index (χ0v) is 20.2. The number of hydrogen-bond acceptors (Lipinski definition) is 4. The van der Waals surface area contributed by atoms with Crippen LogP contribution in [0.25, 0.3) is 10.8 Å². The first kappa shape index (κ1) is 29.3. The number of fused-ring (bicyclic) bond motifs is 1. The molecule has 0 aliphatic rings. The van der Waals surface area contributed by atoms with Gasteiger partial charge in [-0.2, -0.15) is 0 Å². The molecule has 8 nitrogen and oxygen atoms in total. The number of carbonyl (C=O) groups excluding carboxylic acids is 2. The van der Waals surface area contributed by atoms with Gasteiger partial charge in [-0.05, 0) is 53.1 Å². The fourth-order valence-corrected chi connectivity index (χ4v) is 4.02. The molecule has 0 saturated carbocycles. The van der Waals surface area contributed by atoms with E-state index in [9.17, 15) is 9.59 Å². The molecule has 0 aliphatic heterocycles. The minimum Gasteiger partial charge on any atom is -0.483 e. The summed E-state index contributed by atoms with van der Waals surface area (Å²) in [6, 6.07) is 29.3. The number of amides is 2. The van der Waals surface area contributed by atoms with Crippen molar-refractivity contribution in [3.63, 3.8) is 0 Å². The molecule has 8 heteroatoms. The largest absolute Gasteiger partial charge is 0.483 e. The fraction of sp³-hybridized carbons (Fsp3) is 0.133. The lowest BCUT2D eigenvalue weighted by atomic mass is 9.95. The number of nitrogens with one attached hydrogen (secondary N) is 3. The number of amidine groups is 1. The summed E-state index contributed by atoms with van der Waals surface area (Å²) in [5.74, 6) is -1.91. The van der Waals surface area contributed by atoms with Gasteiger partial charge in [0.05, 0.1) is 6.04 Å². The first-order valence-corrected chi connectivity index (χ1v) is 11.5. The molecule has 0 radical (unpaired) electrons. The zero-order chi connectivity index (χ0) is 26.8. The van der Waals surface area contributed by atoms with Crippen molar-refractivity contribution in [1.29, 1.82) is 5.41 Å². The van der Waals surface area contributed by atoms with Gasteiger partial charge in [0, 0.05) is 11.3 Å². The van der Waals surface area contributed by atoms with Crippen molar-refractivity contribution >= 4 is 40.6 Å². The van der Waals surface area contributed by atoms with E-state index in [0.717, 1.165) is 16.3 Å². The van der Waals surface area contributed by atoms with Crippen LogP contribution in [-0.2, 0) is 14.4 Å². The first-order chi connectivity index (χ1) is 17.8. The second-order valence-corrected chi connectivity index (χ2v) is 8.23. The maximum atomic E-state index is 13.4. The predicted octanol–water partition coefficient (Wildman–Crippen LogP) is 5.06. The van der Waals surface area contributed by atoms with Crippen LogP contribution in [0.4, 0.5) is 5.69 Å². The Kier molecular flexibility index (Phi) is 10.7. The van der Waals surface area contributed by atoms with Gasteiger partial charge in [0.1, 0.15) is 11.8 Å². The first-order valence-electron chi connectivity index (χ1n) is 11.5. The van der Waals surface area contributed by atoms with Crippen LogP contribution in [-0.4, -0.2) is 29.2 Å². The summed E-state index contributed by atoms with van der Waals surface area (Å²) < 4.78 is 0. The topological polar surface area (TPSA) is 145 Å². The highest BCUT2D eigenvalue weighted by molar-refractivity contribution is 6.11. The summed E-state index contributed by atoms with van der Waals surface area (Å²) in [7, 11) is 0. The molecule has 1 unspecified atom stereocenters. The summed E-state index contributed by atoms with van der Waals surface area (Å²) in [6.45, 7) is 1.67. The van der Waals surface area contributed by atoms with Crippen LogP contribution in [0, 0.1) is 5.41 Å². The van der Waals surface area contributed by atoms with E-state index in [1.807, 2.05) is 55.5 Å². The molecule has 6 N–H and O–H groups in total. The third kappa shape index (κ3) is 7.27. The second kappa shape index (κ2) is 13.9. The van der Waals surface area contributed by atoms with Crippen molar-refractivity contribution in [3.8, 4) is 0 Å². The van der Waals surface area contributed by atoms with Crippen LogP contribution in [0.2, 0.25) is 0 Å². The van der Waals surface area contributed by atoms with Gasteiger partial charge >= 0.3 is 0 Å². The van der Waals surface area contributed by atoms with Crippen molar-refractivity contribution in [3.05, 3.63) is 114 Å². The Morgan fingerprint density at radius 3 is 2.08 bits per heavy atom. The number of carboxylic acid groups (broad SMARTS) is 1. The van der Waals surface area contributed by atoms with Crippen molar-refractivity contribution in [2.45, 2.75) is 26.3 Å². The summed E-state index contributed by atoms with van der Waals surface area (Å²) in [5, 5.41) is 22.4. The second-order valence-electron chi connectivity index (χ2n) is 8.23. The third-order valence-electron chi connectivity index (χ3n) is 5.77. The standard InChI is InChI=1S/C28H26N4O2.CH2O2.CH4/c1-18(23-13-7-11-19-8-5-6-12-24(19)23)31-27(33)25(20-9-3-2-4-10-20)28(34)32-22-16-14-21(15-17-22)26(29)30;2-1-3;/h2-18,25H,1H3,(H3,29,30)(H,31,33)(H,32,34);1H,(H,2,3);1H4/t18-,25?;;/m0../s1. The van der Waals surface area contributed by atoms with Crippen LogP contribution in [0.15, 0.2) is 97.1 Å². The molecule has 4 rings (SSSR count). The average molecular weight is 513 g/mol. The van der Waals surface area contributed by atoms with Gasteiger partial charge in [0.15, 0.2) is 0 Å². The molecule has 2 atom stereocenters. The third-order valence-corrected chi connectivity index (χ3v) is 5.77. The Hall–Kier alpha value is -4.98. The molecule has 2 amide bonds. The fourth-order valence-electron chi connectivity index (χ4n) is 4.02. The lowest BCUT2D eigenvalue weighted by Gasteiger charge is -2.22. The molecule has 196 valence electrons. The SMILES string of the molecule is C.C[C@H](NC(=O)C(C(=O)Nc1ccc(C(=N)N)cc1)c1ccccc1)c1cccc2ccccc12.O=CO. The maximum Gasteiger partial charge on any atom is 0.290 e. The average Bonchev–Trinajstić information content (AvgIpc) is 2.90. The van der Waals surface area contributed by atoms with Crippen LogP contribution in [0.3, 0.4) is 0 Å². The van der Waals surface area contributed by atoms with E-state index >= 15 is 0 Å². The smallest absolute Gasteiger partial charge is 0.290 e. The highest BCUT2D eigenvalue weighted by Gasteiger charge is 2.30. The molecule has 0 bridgehead atoms. The van der Waals surface area contributed by atoms with Crippen LogP contribution < -0.4 is 16.4 Å². The van der Waals surface area contributed by atoms with E-state index in [1.165, 1.54) is 0 Å². The number of nitrogen functional groups attached to an aromatic ring is 1. The Morgan fingerprint density at radius 2 is 1.45 bits per heavy atom. The molecular weight excluding hydrogens is 480 g/mol. The predicted molar refractivity (Wildman–Crippen MR) is 151 cm³/mol. The van der Waals surface area contributed by atoms with E-state index in [4.69, 9.17) is 21.0 Å². The summed E-state index contributed by atoms with van der Waals surface area (Å²) in [6.07, 6.45) is 0. The van der Waals surface area contributed by atoms with Gasteiger partial charge in [-0.3, -0.25) is 19.8 Å². The summed E-state index contributed by atoms with van der Waals surface area (Å²) >= 11 is 0. The number of carbonyl (C=O) groups is 3. The van der Waals surface area contributed by atoms with Crippen molar-refractivity contribution in [1.82, 2.24) is 5.32 Å². The molecule has 0 aromatic heterocycles. The number of hydrogen-bond donors (Lipinski definition) is 5. The lowest BCUT2D eigenvalue weighted by molar-refractivity contribution is -0.129. The Labute approximate surface area is 222 Å². The van der Waals surface area contributed by atoms with Crippen LogP contribution in [0.5, 0.6) is 0 Å². The molecule has 0 heterocycles. The molecule has 4 aromatic carbocycles. The highest BCUT2D eigenvalue weighted by Crippen LogP contribution is 2.26. The number of anilines is 1. The molecule has 0 spiro atoms. The van der Waals surface area contributed by atoms with Gasteiger partial charge in [-0.15, -0.1) is 0 Å². The van der Waals surface area contributed by atoms with E-state index in [2.05, 4.69) is 10.6 Å². The summed E-state index contributed by atoms with van der Waals surface area (Å²) in [4.78, 5) is 35.0. The number of nitrogens with two attached hydrogens (primary N) is 1. The Balaban J connectivity index is 0.00000121. The molecule has 0 fully saturated rings. The molecule has 38 heavy (non-hydrogen) atoms. The van der Waals surface area contributed by atoms with Gasteiger partial charge < -0.3 is 21.5 Å². The van der Waals surface area contributed by atoms with Gasteiger partial charge in [-0.1, -0.05) is 80.2 Å². The van der Waals surface area contributed by atoms with Crippen LogP contribution in [0.1, 0.15) is 43.0 Å². The van der Waals surface area contributed by atoms with Crippen molar-refractivity contribution < 1.29 is 19.5 Å². The van der Waals surface area contributed by atoms with Crippen LogP contribution >= 0.6 is 0 Å². The number of rotatable bonds is 7.